The Bertz CT molecular complexity index is 309. The van der Waals surface area contributed by atoms with E-state index >= 15 is 0 Å². The molecule has 0 saturated carbocycles. The maximum absolute atomic E-state index is 5.65. The fourth-order valence-corrected chi connectivity index (χ4v) is 3.04. The third kappa shape index (κ3) is 2.36. The second kappa shape index (κ2) is 5.03. The van der Waals surface area contributed by atoms with Crippen LogP contribution in [0.15, 0.2) is 5.51 Å². The molecule has 0 bridgehead atoms. The molecule has 5 heteroatoms. The molecule has 0 spiro atoms. The number of rotatable bonds is 3. The molecular weight excluding hydrogens is 210 g/mol. The first-order valence-electron chi connectivity index (χ1n) is 5.26. The Morgan fingerprint density at radius 2 is 2.33 bits per heavy atom. The Hall–Kier alpha value is -0.490. The van der Waals surface area contributed by atoms with E-state index in [1.165, 1.54) is 4.88 Å². The number of thiazole rings is 1. The van der Waals surface area contributed by atoms with Crippen LogP contribution >= 0.6 is 11.3 Å². The Balaban J connectivity index is 2.12. The molecule has 0 radical (unpaired) electrons. The molecule has 15 heavy (non-hydrogen) atoms. The predicted octanol–water partition coefficient (Wildman–Crippen LogP) is 1.38. The Morgan fingerprint density at radius 3 is 2.87 bits per heavy atom. The Labute approximate surface area is 93.8 Å². The van der Waals surface area contributed by atoms with E-state index in [0.717, 1.165) is 31.7 Å². The van der Waals surface area contributed by atoms with Crippen molar-refractivity contribution in [3.05, 3.63) is 16.1 Å². The summed E-state index contributed by atoms with van der Waals surface area (Å²) in [6.45, 7) is 3.73. The van der Waals surface area contributed by atoms with Crippen molar-refractivity contribution in [3.8, 4) is 0 Å². The molecule has 3 N–H and O–H groups in total. The van der Waals surface area contributed by atoms with Crippen molar-refractivity contribution < 1.29 is 4.74 Å². The number of hydrazine groups is 1. The lowest BCUT2D eigenvalue weighted by Gasteiger charge is -2.29. The van der Waals surface area contributed by atoms with Crippen molar-refractivity contribution in [1.82, 2.24) is 10.4 Å². The first-order valence-corrected chi connectivity index (χ1v) is 6.14. The van der Waals surface area contributed by atoms with Crippen LogP contribution in [0.4, 0.5) is 0 Å². The van der Waals surface area contributed by atoms with E-state index in [1.807, 2.05) is 12.4 Å². The van der Waals surface area contributed by atoms with Gasteiger partial charge in [-0.1, -0.05) is 0 Å². The van der Waals surface area contributed by atoms with Crippen molar-refractivity contribution in [2.75, 3.05) is 13.2 Å². The van der Waals surface area contributed by atoms with Gasteiger partial charge in [-0.25, -0.2) is 4.98 Å². The first kappa shape index (κ1) is 11.0. The standard InChI is InChI=1S/C10H17N3OS/c1-7-10(15-6-12-7)9(13-11)8-2-4-14-5-3-8/h6,8-9,13H,2-5,11H2,1H3. The van der Waals surface area contributed by atoms with Gasteiger partial charge in [0.25, 0.3) is 0 Å². The van der Waals surface area contributed by atoms with E-state index in [9.17, 15) is 0 Å². The van der Waals surface area contributed by atoms with Gasteiger partial charge < -0.3 is 4.74 Å². The summed E-state index contributed by atoms with van der Waals surface area (Å²) in [5.74, 6) is 6.22. The number of nitrogens with two attached hydrogens (primary N) is 1. The van der Waals surface area contributed by atoms with Gasteiger partial charge in [0.15, 0.2) is 0 Å². The largest absolute Gasteiger partial charge is 0.381 e. The first-order chi connectivity index (χ1) is 7.33. The van der Waals surface area contributed by atoms with Crippen LogP contribution in [0.3, 0.4) is 0 Å². The fraction of sp³-hybridized carbons (Fsp3) is 0.700. The average Bonchev–Trinajstić information content (AvgIpc) is 2.68. The zero-order chi connectivity index (χ0) is 10.7. The molecule has 2 rings (SSSR count). The van der Waals surface area contributed by atoms with Gasteiger partial charge in [-0.15, -0.1) is 11.3 Å². The molecule has 1 saturated heterocycles. The molecule has 0 aromatic carbocycles. The third-order valence-electron chi connectivity index (χ3n) is 2.98. The van der Waals surface area contributed by atoms with Gasteiger partial charge in [0.1, 0.15) is 0 Å². The van der Waals surface area contributed by atoms with Gasteiger partial charge >= 0.3 is 0 Å². The number of nitrogens with one attached hydrogen (secondary N) is 1. The summed E-state index contributed by atoms with van der Waals surface area (Å²) in [7, 11) is 0. The predicted molar refractivity (Wildman–Crippen MR) is 60.5 cm³/mol. The summed E-state index contributed by atoms with van der Waals surface area (Å²) >= 11 is 1.68. The molecule has 0 aliphatic carbocycles. The van der Waals surface area contributed by atoms with E-state index in [4.69, 9.17) is 10.6 Å². The summed E-state index contributed by atoms with van der Waals surface area (Å²) in [6, 6.07) is 0.237. The third-order valence-corrected chi connectivity index (χ3v) is 4.00. The van der Waals surface area contributed by atoms with Crippen LogP contribution in [0.25, 0.3) is 0 Å². The second-order valence-corrected chi connectivity index (χ2v) is 4.78. The zero-order valence-corrected chi connectivity index (χ0v) is 9.72. The highest BCUT2D eigenvalue weighted by atomic mass is 32.1. The zero-order valence-electron chi connectivity index (χ0n) is 8.90. The van der Waals surface area contributed by atoms with Crippen molar-refractivity contribution in [2.24, 2.45) is 11.8 Å². The van der Waals surface area contributed by atoms with Crippen LogP contribution in [-0.4, -0.2) is 18.2 Å². The minimum absolute atomic E-state index is 0.237. The monoisotopic (exact) mass is 227 g/mol. The van der Waals surface area contributed by atoms with Crippen LogP contribution in [0.1, 0.15) is 29.5 Å². The van der Waals surface area contributed by atoms with Crippen LogP contribution in [0.2, 0.25) is 0 Å². The van der Waals surface area contributed by atoms with Crippen LogP contribution in [-0.2, 0) is 4.74 Å². The van der Waals surface area contributed by atoms with E-state index in [2.05, 4.69) is 10.4 Å². The molecule has 1 unspecified atom stereocenters. The van der Waals surface area contributed by atoms with E-state index in [-0.39, 0.29) is 6.04 Å². The molecule has 1 fully saturated rings. The highest BCUT2D eigenvalue weighted by Crippen LogP contribution is 2.32. The number of hydrogen-bond donors (Lipinski definition) is 2. The number of ether oxygens (including phenoxy) is 1. The molecule has 1 aromatic heterocycles. The van der Waals surface area contributed by atoms with Gasteiger partial charge in [-0.05, 0) is 25.7 Å². The van der Waals surface area contributed by atoms with Gasteiger partial charge in [0.05, 0.1) is 17.2 Å². The highest BCUT2D eigenvalue weighted by molar-refractivity contribution is 7.09. The van der Waals surface area contributed by atoms with E-state index < -0.39 is 0 Å². The topological polar surface area (TPSA) is 60.2 Å². The summed E-state index contributed by atoms with van der Waals surface area (Å²) < 4.78 is 5.36. The number of hydrogen-bond acceptors (Lipinski definition) is 5. The maximum atomic E-state index is 5.65. The summed E-state index contributed by atoms with van der Waals surface area (Å²) in [5.41, 5.74) is 5.91. The molecule has 1 aliphatic heterocycles. The smallest absolute Gasteiger partial charge is 0.0798 e. The average molecular weight is 227 g/mol. The molecule has 1 aromatic rings. The molecule has 1 atom stereocenters. The molecule has 4 nitrogen and oxygen atoms in total. The van der Waals surface area contributed by atoms with Crippen molar-refractivity contribution in [2.45, 2.75) is 25.8 Å². The maximum Gasteiger partial charge on any atom is 0.0798 e. The fourth-order valence-electron chi connectivity index (χ4n) is 2.08. The number of aromatic nitrogens is 1. The Kier molecular flexibility index (Phi) is 3.69. The molecule has 1 aliphatic rings. The van der Waals surface area contributed by atoms with Crippen molar-refractivity contribution in [1.29, 1.82) is 0 Å². The van der Waals surface area contributed by atoms with Gasteiger partial charge in [-0.3, -0.25) is 11.3 Å². The summed E-state index contributed by atoms with van der Waals surface area (Å²) in [6.07, 6.45) is 2.15. The SMILES string of the molecule is Cc1ncsc1C(NN)C1CCOCC1. The van der Waals surface area contributed by atoms with Crippen LogP contribution in [0.5, 0.6) is 0 Å². The molecule has 2 heterocycles. The minimum atomic E-state index is 0.237. The van der Waals surface area contributed by atoms with Gasteiger partial charge in [0.2, 0.25) is 0 Å². The molecular formula is C10H17N3OS. The van der Waals surface area contributed by atoms with E-state index in [1.54, 1.807) is 11.3 Å². The quantitative estimate of drug-likeness (QED) is 0.605. The lowest BCUT2D eigenvalue weighted by molar-refractivity contribution is 0.0539. The second-order valence-electron chi connectivity index (χ2n) is 3.90. The van der Waals surface area contributed by atoms with Gasteiger partial charge in [0, 0.05) is 18.1 Å². The normalized spacial score (nSPS) is 20.4. The summed E-state index contributed by atoms with van der Waals surface area (Å²) in [4.78, 5) is 5.54. The highest BCUT2D eigenvalue weighted by Gasteiger charge is 2.26. The van der Waals surface area contributed by atoms with E-state index in [0.29, 0.717) is 5.92 Å². The molecule has 84 valence electrons. The minimum Gasteiger partial charge on any atom is -0.381 e. The lowest BCUT2D eigenvalue weighted by atomic mass is 9.91. The number of aryl methyl sites for hydroxylation is 1. The Morgan fingerprint density at radius 1 is 1.60 bits per heavy atom. The van der Waals surface area contributed by atoms with Gasteiger partial charge in [-0.2, -0.15) is 0 Å². The van der Waals surface area contributed by atoms with Crippen LogP contribution in [0, 0.1) is 12.8 Å². The van der Waals surface area contributed by atoms with Crippen LogP contribution < -0.4 is 11.3 Å². The number of nitrogens with zero attached hydrogens (tertiary/aromatic N) is 1. The molecule has 0 amide bonds. The van der Waals surface area contributed by atoms with Crippen molar-refractivity contribution >= 4 is 11.3 Å². The lowest BCUT2D eigenvalue weighted by Crippen LogP contribution is -2.36. The van der Waals surface area contributed by atoms with Crippen molar-refractivity contribution in [3.63, 3.8) is 0 Å². The summed E-state index contributed by atoms with van der Waals surface area (Å²) in [5, 5.41) is 0.